The molecule has 0 radical (unpaired) electrons. The highest BCUT2D eigenvalue weighted by molar-refractivity contribution is 5.24. The van der Waals surface area contributed by atoms with Crippen molar-refractivity contribution in [1.82, 2.24) is 15.0 Å². The van der Waals surface area contributed by atoms with Gasteiger partial charge < -0.3 is 5.11 Å². The monoisotopic (exact) mass is 243 g/mol. The zero-order valence-electron chi connectivity index (χ0n) is 10.5. The normalized spacial score (nSPS) is 10.6. The second-order valence-electron chi connectivity index (χ2n) is 4.42. The van der Waals surface area contributed by atoms with Crippen molar-refractivity contribution in [1.29, 1.82) is 0 Å². The van der Waals surface area contributed by atoms with E-state index in [4.69, 9.17) is 0 Å². The standard InChI is InChI=1S/C14H17N3O/c1-11(2)9-17-14(13(10-18)15-16-17)8-12-6-4-3-5-7-12/h3-7,18H,1,8-10H2,2H3. The molecule has 4 heteroatoms. The number of hydrogen-bond donors (Lipinski definition) is 1. The van der Waals surface area contributed by atoms with Gasteiger partial charge in [0.15, 0.2) is 0 Å². The summed E-state index contributed by atoms with van der Waals surface area (Å²) in [5, 5.41) is 17.4. The van der Waals surface area contributed by atoms with Crippen LogP contribution in [0.3, 0.4) is 0 Å². The van der Waals surface area contributed by atoms with E-state index in [0.29, 0.717) is 12.2 Å². The van der Waals surface area contributed by atoms with E-state index in [2.05, 4.69) is 29.0 Å². The van der Waals surface area contributed by atoms with Gasteiger partial charge in [-0.15, -0.1) is 5.10 Å². The largest absolute Gasteiger partial charge is 0.390 e. The lowest BCUT2D eigenvalue weighted by Crippen LogP contribution is -2.07. The smallest absolute Gasteiger partial charge is 0.112 e. The van der Waals surface area contributed by atoms with Crippen LogP contribution in [0.2, 0.25) is 0 Å². The molecule has 0 fully saturated rings. The Bertz CT molecular complexity index is 531. The predicted molar refractivity (Wildman–Crippen MR) is 70.0 cm³/mol. The highest BCUT2D eigenvalue weighted by Crippen LogP contribution is 2.13. The van der Waals surface area contributed by atoms with Gasteiger partial charge in [0.05, 0.1) is 18.8 Å². The van der Waals surface area contributed by atoms with Gasteiger partial charge in [-0.25, -0.2) is 4.68 Å². The summed E-state index contributed by atoms with van der Waals surface area (Å²) in [6.07, 6.45) is 0.719. The molecule has 0 atom stereocenters. The molecule has 0 aliphatic rings. The van der Waals surface area contributed by atoms with Crippen LogP contribution in [0.4, 0.5) is 0 Å². The first kappa shape index (κ1) is 12.5. The highest BCUT2D eigenvalue weighted by atomic mass is 16.3. The maximum absolute atomic E-state index is 9.31. The summed E-state index contributed by atoms with van der Waals surface area (Å²) in [5.41, 5.74) is 3.78. The van der Waals surface area contributed by atoms with E-state index in [1.165, 1.54) is 5.56 Å². The molecule has 0 bridgehead atoms. The van der Waals surface area contributed by atoms with Crippen molar-refractivity contribution < 1.29 is 5.11 Å². The molecule has 0 spiro atoms. The van der Waals surface area contributed by atoms with Crippen LogP contribution < -0.4 is 0 Å². The Labute approximate surface area is 107 Å². The maximum atomic E-state index is 9.31. The van der Waals surface area contributed by atoms with Crippen LogP contribution in [-0.2, 0) is 19.6 Å². The van der Waals surface area contributed by atoms with Gasteiger partial charge in [-0.05, 0) is 12.5 Å². The minimum atomic E-state index is -0.0850. The van der Waals surface area contributed by atoms with E-state index in [1.54, 1.807) is 4.68 Å². The minimum Gasteiger partial charge on any atom is -0.390 e. The molecule has 0 aliphatic heterocycles. The summed E-state index contributed by atoms with van der Waals surface area (Å²) in [6.45, 7) is 6.38. The third-order valence-corrected chi connectivity index (χ3v) is 2.70. The number of rotatable bonds is 5. The Balaban J connectivity index is 2.29. The third-order valence-electron chi connectivity index (χ3n) is 2.70. The molecular weight excluding hydrogens is 226 g/mol. The van der Waals surface area contributed by atoms with E-state index in [9.17, 15) is 5.11 Å². The average molecular weight is 243 g/mol. The Hall–Kier alpha value is -1.94. The van der Waals surface area contributed by atoms with Gasteiger partial charge in [-0.2, -0.15) is 0 Å². The Morgan fingerprint density at radius 2 is 2.06 bits per heavy atom. The van der Waals surface area contributed by atoms with E-state index in [1.807, 2.05) is 25.1 Å². The van der Waals surface area contributed by atoms with Crippen molar-refractivity contribution in [3.8, 4) is 0 Å². The van der Waals surface area contributed by atoms with Crippen LogP contribution in [0.15, 0.2) is 42.5 Å². The van der Waals surface area contributed by atoms with E-state index in [-0.39, 0.29) is 6.61 Å². The maximum Gasteiger partial charge on any atom is 0.112 e. The fourth-order valence-electron chi connectivity index (χ4n) is 1.86. The first-order valence-electron chi connectivity index (χ1n) is 5.91. The number of aliphatic hydroxyl groups excluding tert-OH is 1. The van der Waals surface area contributed by atoms with Gasteiger partial charge >= 0.3 is 0 Å². The highest BCUT2D eigenvalue weighted by Gasteiger charge is 2.12. The molecule has 0 unspecified atom stereocenters. The molecule has 0 amide bonds. The predicted octanol–water partition coefficient (Wildman–Crippen LogP) is 1.94. The van der Waals surface area contributed by atoms with Gasteiger partial charge in [-0.1, -0.05) is 47.7 Å². The molecule has 0 aliphatic carbocycles. The van der Waals surface area contributed by atoms with Crippen molar-refractivity contribution in [2.75, 3.05) is 0 Å². The quantitative estimate of drug-likeness (QED) is 0.816. The molecule has 4 nitrogen and oxygen atoms in total. The summed E-state index contributed by atoms with van der Waals surface area (Å²) in [6, 6.07) is 10.1. The molecule has 1 aromatic carbocycles. The van der Waals surface area contributed by atoms with E-state index < -0.39 is 0 Å². The SMILES string of the molecule is C=C(C)Cn1nnc(CO)c1Cc1ccccc1. The lowest BCUT2D eigenvalue weighted by Gasteiger charge is -2.07. The zero-order valence-corrected chi connectivity index (χ0v) is 10.5. The molecule has 18 heavy (non-hydrogen) atoms. The van der Waals surface area contributed by atoms with Crippen molar-refractivity contribution in [3.63, 3.8) is 0 Å². The molecule has 2 aromatic rings. The molecule has 0 saturated heterocycles. The number of allylic oxidation sites excluding steroid dienone is 1. The molecule has 1 N–H and O–H groups in total. The lowest BCUT2D eigenvalue weighted by atomic mass is 10.1. The number of nitrogens with zero attached hydrogens (tertiary/aromatic N) is 3. The zero-order chi connectivity index (χ0) is 13.0. The van der Waals surface area contributed by atoms with Gasteiger partial charge in [0, 0.05) is 6.42 Å². The number of aromatic nitrogens is 3. The van der Waals surface area contributed by atoms with Gasteiger partial charge in [0.25, 0.3) is 0 Å². The lowest BCUT2D eigenvalue weighted by molar-refractivity contribution is 0.275. The third kappa shape index (κ3) is 2.84. The second kappa shape index (κ2) is 5.60. The molecule has 1 heterocycles. The van der Waals surface area contributed by atoms with Crippen LogP contribution in [-0.4, -0.2) is 20.1 Å². The van der Waals surface area contributed by atoms with Crippen LogP contribution in [0.1, 0.15) is 23.9 Å². The number of hydrogen-bond acceptors (Lipinski definition) is 3. The van der Waals surface area contributed by atoms with E-state index in [0.717, 1.165) is 17.7 Å². The second-order valence-corrected chi connectivity index (χ2v) is 4.42. The first-order chi connectivity index (χ1) is 8.70. The van der Waals surface area contributed by atoms with Gasteiger partial charge in [0.1, 0.15) is 5.69 Å². The van der Waals surface area contributed by atoms with Gasteiger partial charge in [0.2, 0.25) is 0 Å². The summed E-state index contributed by atoms with van der Waals surface area (Å²) < 4.78 is 1.81. The van der Waals surface area contributed by atoms with Crippen LogP contribution in [0, 0.1) is 0 Å². The van der Waals surface area contributed by atoms with Crippen LogP contribution in [0.25, 0.3) is 0 Å². The number of aliphatic hydroxyl groups is 1. The fraction of sp³-hybridized carbons (Fsp3) is 0.286. The molecular formula is C14H17N3O. The minimum absolute atomic E-state index is 0.0850. The van der Waals surface area contributed by atoms with Gasteiger partial charge in [-0.3, -0.25) is 0 Å². The van der Waals surface area contributed by atoms with Crippen LogP contribution in [0.5, 0.6) is 0 Å². The summed E-state index contributed by atoms with van der Waals surface area (Å²) >= 11 is 0. The summed E-state index contributed by atoms with van der Waals surface area (Å²) in [7, 11) is 0. The summed E-state index contributed by atoms with van der Waals surface area (Å²) in [5.74, 6) is 0. The Kier molecular flexibility index (Phi) is 3.89. The van der Waals surface area contributed by atoms with Crippen molar-refractivity contribution in [2.24, 2.45) is 0 Å². The fourth-order valence-corrected chi connectivity index (χ4v) is 1.86. The average Bonchev–Trinajstić information content (AvgIpc) is 2.72. The van der Waals surface area contributed by atoms with Crippen LogP contribution >= 0.6 is 0 Å². The van der Waals surface area contributed by atoms with Crippen molar-refractivity contribution in [2.45, 2.75) is 26.5 Å². The Morgan fingerprint density at radius 1 is 1.33 bits per heavy atom. The molecule has 94 valence electrons. The first-order valence-corrected chi connectivity index (χ1v) is 5.91. The molecule has 1 aromatic heterocycles. The summed E-state index contributed by atoms with van der Waals surface area (Å²) in [4.78, 5) is 0. The Morgan fingerprint density at radius 3 is 2.67 bits per heavy atom. The molecule has 0 saturated carbocycles. The van der Waals surface area contributed by atoms with E-state index >= 15 is 0 Å². The topological polar surface area (TPSA) is 50.9 Å². The van der Waals surface area contributed by atoms with Crippen molar-refractivity contribution in [3.05, 3.63) is 59.4 Å². The molecule has 2 rings (SSSR count). The van der Waals surface area contributed by atoms with Crippen molar-refractivity contribution >= 4 is 0 Å². The number of benzene rings is 1.